The number of ether oxygens (including phenoxy) is 1. The van der Waals surface area contributed by atoms with Crippen LogP contribution in [0.4, 0.5) is 13.2 Å². The fourth-order valence-corrected chi connectivity index (χ4v) is 2.54. The molecule has 0 atom stereocenters. The van der Waals surface area contributed by atoms with Crippen LogP contribution in [0, 0.1) is 0 Å². The van der Waals surface area contributed by atoms with Crippen LogP contribution in [-0.2, 0) is 12.6 Å². The predicted molar refractivity (Wildman–Crippen MR) is 75.4 cm³/mol. The first-order valence-electron chi connectivity index (χ1n) is 7.26. The number of benzene rings is 1. The van der Waals surface area contributed by atoms with Crippen LogP contribution in [0.1, 0.15) is 24.0 Å². The molecule has 0 bridgehead atoms. The van der Waals surface area contributed by atoms with E-state index < -0.39 is 11.7 Å². The van der Waals surface area contributed by atoms with Crippen molar-refractivity contribution in [1.82, 2.24) is 4.90 Å². The van der Waals surface area contributed by atoms with Gasteiger partial charge >= 0.3 is 6.18 Å². The van der Waals surface area contributed by atoms with E-state index in [2.05, 4.69) is 4.90 Å². The summed E-state index contributed by atoms with van der Waals surface area (Å²) in [6.07, 6.45) is -1.67. The first-order valence-corrected chi connectivity index (χ1v) is 7.26. The smallest absolute Gasteiger partial charge is 0.419 e. The quantitative estimate of drug-likeness (QED) is 0.878. The SMILES string of the molecule is NCCc1ccc(OCCN2CCCC2)c(C(F)(F)F)c1. The van der Waals surface area contributed by atoms with Gasteiger partial charge in [-0.2, -0.15) is 13.2 Å². The minimum Gasteiger partial charge on any atom is -0.492 e. The van der Waals surface area contributed by atoms with Crippen molar-refractivity contribution in [1.29, 1.82) is 0 Å². The van der Waals surface area contributed by atoms with E-state index in [9.17, 15) is 13.2 Å². The van der Waals surface area contributed by atoms with Gasteiger partial charge in [-0.3, -0.25) is 4.90 Å². The van der Waals surface area contributed by atoms with E-state index in [-0.39, 0.29) is 12.4 Å². The molecule has 1 aromatic rings. The van der Waals surface area contributed by atoms with E-state index in [4.69, 9.17) is 10.5 Å². The van der Waals surface area contributed by atoms with Crippen molar-refractivity contribution in [2.45, 2.75) is 25.4 Å². The number of likely N-dealkylation sites (tertiary alicyclic amines) is 1. The highest BCUT2D eigenvalue weighted by molar-refractivity contribution is 5.39. The van der Waals surface area contributed by atoms with E-state index in [1.54, 1.807) is 6.07 Å². The second-order valence-electron chi connectivity index (χ2n) is 5.26. The number of nitrogens with zero attached hydrogens (tertiary/aromatic N) is 1. The average Bonchev–Trinajstić information content (AvgIpc) is 2.92. The summed E-state index contributed by atoms with van der Waals surface area (Å²) >= 11 is 0. The van der Waals surface area contributed by atoms with Crippen molar-refractivity contribution < 1.29 is 17.9 Å². The molecule has 1 aliphatic rings. The van der Waals surface area contributed by atoms with Gasteiger partial charge in [-0.15, -0.1) is 0 Å². The molecule has 1 heterocycles. The summed E-state index contributed by atoms with van der Waals surface area (Å²) in [6, 6.07) is 4.18. The van der Waals surface area contributed by atoms with Crippen LogP contribution >= 0.6 is 0 Å². The van der Waals surface area contributed by atoms with Crippen LogP contribution in [0.25, 0.3) is 0 Å². The normalized spacial score (nSPS) is 16.4. The first-order chi connectivity index (χ1) is 10.0. The summed E-state index contributed by atoms with van der Waals surface area (Å²) in [7, 11) is 0. The zero-order valence-corrected chi connectivity index (χ0v) is 12.0. The van der Waals surface area contributed by atoms with Gasteiger partial charge < -0.3 is 10.5 Å². The van der Waals surface area contributed by atoms with E-state index in [1.807, 2.05) is 0 Å². The van der Waals surface area contributed by atoms with Crippen LogP contribution in [0.15, 0.2) is 18.2 Å². The third-order valence-electron chi connectivity index (χ3n) is 3.65. The number of halogens is 3. The topological polar surface area (TPSA) is 38.5 Å². The molecular formula is C15H21F3N2O. The van der Waals surface area contributed by atoms with Gasteiger partial charge in [-0.25, -0.2) is 0 Å². The van der Waals surface area contributed by atoms with E-state index in [0.717, 1.165) is 32.0 Å². The van der Waals surface area contributed by atoms with Crippen molar-refractivity contribution in [3.8, 4) is 5.75 Å². The second-order valence-corrected chi connectivity index (χ2v) is 5.26. The molecule has 1 fully saturated rings. The Morgan fingerprint density at radius 1 is 1.19 bits per heavy atom. The van der Waals surface area contributed by atoms with Crippen molar-refractivity contribution in [3.05, 3.63) is 29.3 Å². The maximum Gasteiger partial charge on any atom is 0.419 e. The molecule has 0 spiro atoms. The first kappa shape index (κ1) is 16.1. The molecule has 0 unspecified atom stereocenters. The molecule has 0 aromatic heterocycles. The third kappa shape index (κ3) is 4.61. The Hall–Kier alpha value is -1.27. The maximum atomic E-state index is 13.1. The molecule has 3 nitrogen and oxygen atoms in total. The molecule has 1 saturated heterocycles. The van der Waals surface area contributed by atoms with Crippen molar-refractivity contribution >= 4 is 0 Å². The Morgan fingerprint density at radius 3 is 2.52 bits per heavy atom. The van der Waals surface area contributed by atoms with E-state index >= 15 is 0 Å². The second kappa shape index (κ2) is 7.13. The zero-order chi connectivity index (χ0) is 15.3. The Morgan fingerprint density at radius 2 is 1.90 bits per heavy atom. The van der Waals surface area contributed by atoms with Crippen LogP contribution < -0.4 is 10.5 Å². The predicted octanol–water partition coefficient (Wildman–Crippen LogP) is 2.68. The Balaban J connectivity index is 2.02. The molecule has 118 valence electrons. The molecule has 0 radical (unpaired) electrons. The molecule has 6 heteroatoms. The lowest BCUT2D eigenvalue weighted by atomic mass is 10.1. The number of hydrogen-bond acceptors (Lipinski definition) is 3. The Bertz CT molecular complexity index is 457. The molecule has 0 amide bonds. The van der Waals surface area contributed by atoms with Crippen LogP contribution in [0.2, 0.25) is 0 Å². The molecule has 1 aliphatic heterocycles. The van der Waals surface area contributed by atoms with Crippen molar-refractivity contribution in [2.75, 3.05) is 32.8 Å². The molecule has 0 aliphatic carbocycles. The lowest BCUT2D eigenvalue weighted by Crippen LogP contribution is -2.25. The largest absolute Gasteiger partial charge is 0.492 e. The highest BCUT2D eigenvalue weighted by Crippen LogP contribution is 2.36. The van der Waals surface area contributed by atoms with Gasteiger partial charge in [0, 0.05) is 6.54 Å². The standard InChI is InChI=1S/C15H21F3N2O/c16-15(17,18)13-11-12(5-6-19)3-4-14(13)21-10-9-20-7-1-2-8-20/h3-4,11H,1-2,5-10,19H2. The van der Waals surface area contributed by atoms with Gasteiger partial charge in [-0.05, 0) is 56.6 Å². The minimum atomic E-state index is -4.41. The Kier molecular flexibility index (Phi) is 5.47. The van der Waals surface area contributed by atoms with E-state index in [1.165, 1.54) is 6.07 Å². The number of rotatable bonds is 6. The molecule has 21 heavy (non-hydrogen) atoms. The summed E-state index contributed by atoms with van der Waals surface area (Å²) in [6.45, 7) is 3.28. The molecule has 1 aromatic carbocycles. The van der Waals surface area contributed by atoms with Gasteiger partial charge in [0.05, 0.1) is 5.56 Å². The summed E-state index contributed by atoms with van der Waals surface area (Å²) in [4.78, 5) is 2.20. The summed E-state index contributed by atoms with van der Waals surface area (Å²) in [5, 5.41) is 0. The lowest BCUT2D eigenvalue weighted by molar-refractivity contribution is -0.139. The fourth-order valence-electron chi connectivity index (χ4n) is 2.54. The van der Waals surface area contributed by atoms with Crippen LogP contribution in [-0.4, -0.2) is 37.7 Å². The highest BCUT2D eigenvalue weighted by Gasteiger charge is 2.34. The average molecular weight is 302 g/mol. The fraction of sp³-hybridized carbons (Fsp3) is 0.600. The van der Waals surface area contributed by atoms with Crippen molar-refractivity contribution in [3.63, 3.8) is 0 Å². The number of hydrogen-bond donors (Lipinski definition) is 1. The van der Waals surface area contributed by atoms with Gasteiger partial charge in [0.1, 0.15) is 12.4 Å². The molecule has 2 N–H and O–H groups in total. The number of nitrogens with two attached hydrogens (primary N) is 1. The van der Waals surface area contributed by atoms with Gasteiger partial charge in [0.2, 0.25) is 0 Å². The minimum absolute atomic E-state index is 0.0949. The summed E-state index contributed by atoms with van der Waals surface area (Å²) < 4.78 is 44.6. The van der Waals surface area contributed by atoms with Gasteiger partial charge in [0.25, 0.3) is 0 Å². The monoisotopic (exact) mass is 302 g/mol. The lowest BCUT2D eigenvalue weighted by Gasteiger charge is -2.18. The maximum absolute atomic E-state index is 13.1. The molecule has 2 rings (SSSR count). The molecular weight excluding hydrogens is 281 g/mol. The van der Waals surface area contributed by atoms with Gasteiger partial charge in [0.15, 0.2) is 0 Å². The zero-order valence-electron chi connectivity index (χ0n) is 12.0. The van der Waals surface area contributed by atoms with Crippen LogP contribution in [0.5, 0.6) is 5.75 Å². The summed E-state index contributed by atoms with van der Waals surface area (Å²) in [5.41, 5.74) is 5.26. The molecule has 0 saturated carbocycles. The highest BCUT2D eigenvalue weighted by atomic mass is 19.4. The third-order valence-corrected chi connectivity index (χ3v) is 3.65. The van der Waals surface area contributed by atoms with Gasteiger partial charge in [-0.1, -0.05) is 6.07 Å². The van der Waals surface area contributed by atoms with Crippen LogP contribution in [0.3, 0.4) is 0 Å². The Labute approximate surface area is 122 Å². The number of alkyl halides is 3. The van der Waals surface area contributed by atoms with Crippen molar-refractivity contribution in [2.24, 2.45) is 5.73 Å². The summed E-state index contributed by atoms with van der Waals surface area (Å²) in [5.74, 6) is -0.0949. The van der Waals surface area contributed by atoms with E-state index in [0.29, 0.717) is 25.1 Å².